The maximum atomic E-state index is 6.69. The zero-order chi connectivity index (χ0) is 29.9. The summed E-state index contributed by atoms with van der Waals surface area (Å²) in [6.07, 6.45) is 0.866. The minimum absolute atomic E-state index is 0.837. The van der Waals surface area contributed by atoms with Gasteiger partial charge in [-0.25, -0.2) is 0 Å². The molecule has 0 saturated heterocycles. The van der Waals surface area contributed by atoms with E-state index < -0.39 is 0 Å². The summed E-state index contributed by atoms with van der Waals surface area (Å²) in [4.78, 5) is 0. The van der Waals surface area contributed by atoms with Gasteiger partial charge in [0.15, 0.2) is 0 Å². The van der Waals surface area contributed by atoms with E-state index in [2.05, 4.69) is 103 Å². The minimum Gasteiger partial charge on any atom is -0.455 e. The molecule has 3 aromatic heterocycles. The first-order valence-electron chi connectivity index (χ1n) is 15.7. The summed E-state index contributed by atoms with van der Waals surface area (Å²) in [6.45, 7) is 0. The van der Waals surface area contributed by atoms with E-state index in [-0.39, 0.29) is 0 Å². The molecule has 0 aliphatic heterocycles. The Kier molecular flexibility index (Phi) is 4.63. The third-order valence-electron chi connectivity index (χ3n) is 9.90. The Morgan fingerprint density at radius 1 is 0.370 bits per heavy atom. The summed E-state index contributed by atoms with van der Waals surface area (Å²) in [6, 6.07) is 47.1. The number of fused-ring (bicyclic) bond motifs is 12. The lowest BCUT2D eigenvalue weighted by Gasteiger charge is -2.13. The fourth-order valence-electron chi connectivity index (χ4n) is 7.88. The number of rotatable bonds is 2. The molecular formula is C43H24O3. The quantitative estimate of drug-likeness (QED) is 0.202. The monoisotopic (exact) mass is 588 g/mol. The molecule has 0 bridgehead atoms. The molecule has 3 heterocycles. The SMILES string of the molecule is c1cc(-c2c3c(cc4c2oc2ccccc24)-c2ccccc2C3)cc(-c2c3oc4ccccc4c3cc3c2oc2ccccc23)c1. The van der Waals surface area contributed by atoms with E-state index in [9.17, 15) is 0 Å². The molecule has 7 aromatic carbocycles. The van der Waals surface area contributed by atoms with Crippen molar-refractivity contribution in [2.75, 3.05) is 0 Å². The zero-order valence-electron chi connectivity index (χ0n) is 24.6. The number of para-hydroxylation sites is 3. The molecular weight excluding hydrogens is 564 g/mol. The van der Waals surface area contributed by atoms with Gasteiger partial charge in [0.1, 0.15) is 33.5 Å². The van der Waals surface area contributed by atoms with Crippen molar-refractivity contribution in [2.24, 2.45) is 0 Å². The van der Waals surface area contributed by atoms with Gasteiger partial charge in [0.05, 0.1) is 5.56 Å². The molecule has 0 spiro atoms. The van der Waals surface area contributed by atoms with Gasteiger partial charge in [-0.15, -0.1) is 0 Å². The highest BCUT2D eigenvalue weighted by Crippen LogP contribution is 2.49. The molecule has 0 atom stereocenters. The topological polar surface area (TPSA) is 39.4 Å². The summed E-state index contributed by atoms with van der Waals surface area (Å²) in [5.41, 5.74) is 14.8. The first-order valence-corrected chi connectivity index (χ1v) is 15.7. The van der Waals surface area contributed by atoms with Crippen LogP contribution in [-0.2, 0) is 6.42 Å². The van der Waals surface area contributed by atoms with E-state index in [4.69, 9.17) is 13.3 Å². The molecule has 1 aliphatic rings. The van der Waals surface area contributed by atoms with Gasteiger partial charge in [-0.3, -0.25) is 0 Å². The normalized spacial score (nSPS) is 12.7. The first kappa shape index (κ1) is 24.3. The van der Waals surface area contributed by atoms with Crippen LogP contribution < -0.4 is 0 Å². The van der Waals surface area contributed by atoms with Crippen molar-refractivity contribution < 1.29 is 13.3 Å². The van der Waals surface area contributed by atoms with Crippen LogP contribution in [0.3, 0.4) is 0 Å². The van der Waals surface area contributed by atoms with Crippen LogP contribution in [0.2, 0.25) is 0 Å². The summed E-state index contributed by atoms with van der Waals surface area (Å²) in [7, 11) is 0. The van der Waals surface area contributed by atoms with Crippen LogP contribution in [0.5, 0.6) is 0 Å². The lowest BCUT2D eigenvalue weighted by atomic mass is 9.90. The van der Waals surface area contributed by atoms with Crippen LogP contribution in [0, 0.1) is 0 Å². The van der Waals surface area contributed by atoms with E-state index in [1.165, 1.54) is 22.3 Å². The van der Waals surface area contributed by atoms with Crippen molar-refractivity contribution in [2.45, 2.75) is 6.42 Å². The predicted molar refractivity (Wildman–Crippen MR) is 187 cm³/mol. The van der Waals surface area contributed by atoms with Gasteiger partial charge in [0.2, 0.25) is 0 Å². The Morgan fingerprint density at radius 2 is 0.870 bits per heavy atom. The highest BCUT2D eigenvalue weighted by Gasteiger charge is 2.27. The van der Waals surface area contributed by atoms with E-state index in [1.54, 1.807) is 0 Å². The molecule has 0 saturated carbocycles. The smallest absolute Gasteiger partial charge is 0.147 e. The van der Waals surface area contributed by atoms with Crippen LogP contribution in [0.25, 0.3) is 99.2 Å². The van der Waals surface area contributed by atoms with Crippen molar-refractivity contribution in [3.8, 4) is 33.4 Å². The average molecular weight is 589 g/mol. The second-order valence-electron chi connectivity index (χ2n) is 12.4. The molecule has 3 heteroatoms. The van der Waals surface area contributed by atoms with Crippen LogP contribution in [0.4, 0.5) is 0 Å². The fourth-order valence-corrected chi connectivity index (χ4v) is 7.88. The maximum absolute atomic E-state index is 6.69. The minimum atomic E-state index is 0.837. The van der Waals surface area contributed by atoms with Gasteiger partial charge < -0.3 is 13.3 Å². The number of hydrogen-bond donors (Lipinski definition) is 0. The van der Waals surface area contributed by atoms with Crippen LogP contribution in [-0.4, -0.2) is 0 Å². The van der Waals surface area contributed by atoms with E-state index >= 15 is 0 Å². The Bertz CT molecular complexity index is 2810. The van der Waals surface area contributed by atoms with Crippen molar-refractivity contribution in [3.05, 3.63) is 145 Å². The molecule has 46 heavy (non-hydrogen) atoms. The standard InChI is InChI=1S/C43H24O3/c1-2-13-27-24(10-1)21-32-31(27)22-33-28-14-3-6-17-36(28)44-41(33)39(32)25-11-9-12-26(20-25)40-42-34(29-15-4-7-18-37(29)45-42)23-35-30-16-5-8-19-38(30)46-43(35)40/h1-20,22-23H,21H2. The van der Waals surface area contributed by atoms with Gasteiger partial charge >= 0.3 is 0 Å². The Labute approximate surface area is 262 Å². The molecule has 0 radical (unpaired) electrons. The third kappa shape index (κ3) is 3.16. The Hall–Kier alpha value is -6.06. The van der Waals surface area contributed by atoms with E-state index in [1.807, 2.05) is 30.3 Å². The van der Waals surface area contributed by atoms with Crippen molar-refractivity contribution >= 4 is 65.8 Å². The largest absolute Gasteiger partial charge is 0.455 e. The molecule has 3 nitrogen and oxygen atoms in total. The molecule has 1 aliphatic carbocycles. The van der Waals surface area contributed by atoms with Crippen LogP contribution in [0.15, 0.2) is 147 Å². The Balaban J connectivity index is 1.25. The molecule has 0 amide bonds. The highest BCUT2D eigenvalue weighted by atomic mass is 16.3. The summed E-state index contributed by atoms with van der Waals surface area (Å²) in [5.74, 6) is 0. The summed E-state index contributed by atoms with van der Waals surface area (Å²) >= 11 is 0. The average Bonchev–Trinajstić information content (AvgIpc) is 3.86. The third-order valence-corrected chi connectivity index (χ3v) is 9.90. The first-order chi connectivity index (χ1) is 22.8. The summed E-state index contributed by atoms with van der Waals surface area (Å²) in [5, 5.41) is 6.66. The van der Waals surface area contributed by atoms with E-state index in [0.717, 1.165) is 94.5 Å². The predicted octanol–water partition coefficient (Wildman–Crippen LogP) is 12.3. The van der Waals surface area contributed by atoms with Crippen molar-refractivity contribution in [1.82, 2.24) is 0 Å². The fraction of sp³-hybridized carbons (Fsp3) is 0.0233. The van der Waals surface area contributed by atoms with Gasteiger partial charge in [0, 0.05) is 37.9 Å². The van der Waals surface area contributed by atoms with Gasteiger partial charge in [-0.1, -0.05) is 97.1 Å². The molecule has 0 fully saturated rings. The van der Waals surface area contributed by atoms with Gasteiger partial charge in [-0.2, -0.15) is 0 Å². The van der Waals surface area contributed by atoms with Crippen molar-refractivity contribution in [3.63, 3.8) is 0 Å². The second-order valence-corrected chi connectivity index (χ2v) is 12.4. The van der Waals surface area contributed by atoms with E-state index in [0.29, 0.717) is 0 Å². The van der Waals surface area contributed by atoms with Crippen LogP contribution >= 0.6 is 0 Å². The molecule has 214 valence electrons. The highest BCUT2D eigenvalue weighted by molar-refractivity contribution is 6.22. The Morgan fingerprint density at radius 3 is 1.50 bits per heavy atom. The van der Waals surface area contributed by atoms with Gasteiger partial charge in [0.25, 0.3) is 0 Å². The number of benzene rings is 7. The summed E-state index contributed by atoms with van der Waals surface area (Å²) < 4.78 is 20.0. The van der Waals surface area contributed by atoms with Gasteiger partial charge in [-0.05, 0) is 76.2 Å². The second kappa shape index (κ2) is 8.77. The maximum Gasteiger partial charge on any atom is 0.147 e. The molecule has 11 rings (SSSR count). The lowest BCUT2D eigenvalue weighted by Crippen LogP contribution is -1.91. The number of hydrogen-bond acceptors (Lipinski definition) is 3. The lowest BCUT2D eigenvalue weighted by molar-refractivity contribution is 0.658. The molecule has 0 N–H and O–H groups in total. The molecule has 10 aromatic rings. The van der Waals surface area contributed by atoms with Crippen LogP contribution in [0.1, 0.15) is 11.1 Å². The zero-order valence-corrected chi connectivity index (χ0v) is 24.6. The van der Waals surface area contributed by atoms with Crippen molar-refractivity contribution in [1.29, 1.82) is 0 Å². The number of furan rings is 3. The molecule has 0 unspecified atom stereocenters.